The van der Waals surface area contributed by atoms with Gasteiger partial charge in [0.25, 0.3) is 0 Å². The van der Waals surface area contributed by atoms with Gasteiger partial charge in [-0.15, -0.1) is 0 Å². The minimum absolute atomic E-state index is 0.0635. The van der Waals surface area contributed by atoms with E-state index in [2.05, 4.69) is 5.32 Å². The van der Waals surface area contributed by atoms with Gasteiger partial charge in [-0.1, -0.05) is 0 Å². The number of rotatable bonds is 10. The van der Waals surface area contributed by atoms with E-state index in [1.54, 1.807) is 19.9 Å². The topological polar surface area (TPSA) is 108 Å². The number of dihydropyridines is 1. The number of allylic oxidation sites excluding steroid dienone is 2. The van der Waals surface area contributed by atoms with Crippen LogP contribution in [0, 0.1) is 10.1 Å². The Morgan fingerprint density at radius 2 is 1.35 bits per heavy atom. The van der Waals surface area contributed by atoms with E-state index in [1.807, 2.05) is 91.0 Å². The molecule has 0 spiro atoms. The molecule has 1 unspecified atom stereocenters. The van der Waals surface area contributed by atoms with Crippen molar-refractivity contribution in [2.45, 2.75) is 19.8 Å². The molecule has 1 heterocycles. The van der Waals surface area contributed by atoms with E-state index in [4.69, 9.17) is 20.7 Å². The van der Waals surface area contributed by atoms with Crippen LogP contribution >= 0.6 is 17.2 Å². The number of hydrogen-bond acceptors (Lipinski definition) is 7. The number of esters is 2. The molecule has 0 amide bonds. The molecule has 4 aromatic rings. The fourth-order valence-electron chi connectivity index (χ4n) is 6.24. The Kier molecular flexibility index (Phi) is 9.42. The summed E-state index contributed by atoms with van der Waals surface area (Å²) in [6.45, 7) is 3.47. The fourth-order valence-corrected chi connectivity index (χ4v) is 12.3. The van der Waals surface area contributed by atoms with Crippen LogP contribution < -0.4 is 21.2 Å². The van der Waals surface area contributed by atoms with Gasteiger partial charge >= 0.3 is 273 Å². The Labute approximate surface area is 272 Å². The summed E-state index contributed by atoms with van der Waals surface area (Å²) in [5.41, 5.74) is 1.34. The third-order valence-electron chi connectivity index (χ3n) is 8.30. The summed E-state index contributed by atoms with van der Waals surface area (Å²) < 4.78 is 10.8. The van der Waals surface area contributed by atoms with Crippen LogP contribution in [0.5, 0.6) is 0 Å². The minimum atomic E-state index is -4.00. The summed E-state index contributed by atoms with van der Waals surface area (Å²) in [5.74, 6) is -6.40. The maximum atomic E-state index is 14.1. The van der Waals surface area contributed by atoms with Gasteiger partial charge in [0.15, 0.2) is 0 Å². The second-order valence-electron chi connectivity index (χ2n) is 10.9. The quantitative estimate of drug-likeness (QED) is 0.0933. The molecule has 0 fully saturated rings. The number of benzene rings is 4. The molecule has 0 radical (unpaired) electrons. The molecule has 0 bridgehead atoms. The molecule has 236 valence electrons. The molecule has 1 N–H and O–H groups in total. The molecule has 4 aromatic carbocycles. The van der Waals surface area contributed by atoms with Crippen LogP contribution in [0.25, 0.3) is 0 Å². The molecule has 10 heteroatoms. The van der Waals surface area contributed by atoms with Crippen LogP contribution in [0.4, 0.5) is 5.69 Å². The van der Waals surface area contributed by atoms with Crippen molar-refractivity contribution in [3.63, 3.8) is 0 Å². The molecule has 5 rings (SSSR count). The number of carbonyl (C=O) groups is 2. The number of nitro groups is 1. The van der Waals surface area contributed by atoms with Crippen LogP contribution in [0.3, 0.4) is 0 Å². The third kappa shape index (κ3) is 5.70. The van der Waals surface area contributed by atoms with Crippen LogP contribution in [0.15, 0.2) is 138 Å². The number of non-ortho nitro benzene ring substituents is 1. The van der Waals surface area contributed by atoms with Crippen molar-refractivity contribution >= 4 is 50.7 Å². The van der Waals surface area contributed by atoms with E-state index in [1.165, 1.54) is 25.3 Å². The summed E-state index contributed by atoms with van der Waals surface area (Å²) >= 11 is 8.40. The van der Waals surface area contributed by atoms with Crippen molar-refractivity contribution in [2.75, 3.05) is 19.9 Å². The standard InChI is InChI=1S/C36H34ClN2O6P/c1-4-45-36(41)34-31(38-25(2)32(35(40)44-3)33(34)26-15-14-16-27(23-26)39(42)43)24-46(37,28-17-8-5-9-18-28,29-19-10-6-11-20-29)30-21-12-7-13-22-30/h5-23,33,38H,4,24H2,1-3H3. The van der Waals surface area contributed by atoms with Gasteiger partial charge in [0.1, 0.15) is 0 Å². The van der Waals surface area contributed by atoms with Crippen molar-refractivity contribution in [1.82, 2.24) is 5.32 Å². The number of halogens is 1. The predicted molar refractivity (Wildman–Crippen MR) is 183 cm³/mol. The first-order valence-corrected chi connectivity index (χ1v) is 18.1. The SMILES string of the molecule is CCOC(=O)C1=C(CP(Cl)(c2ccccc2)(c2ccccc2)c2ccccc2)NC(C)=C(C(=O)OC)C1c1cccc([N+](=O)[O-])c1. The number of carbonyl (C=O) groups excluding carboxylic acids is 2. The molecule has 0 saturated carbocycles. The molecule has 0 aliphatic carbocycles. The Bertz CT molecular complexity index is 1740. The zero-order valence-electron chi connectivity index (χ0n) is 25.7. The van der Waals surface area contributed by atoms with Gasteiger partial charge in [0.05, 0.1) is 0 Å². The van der Waals surface area contributed by atoms with Crippen LogP contribution in [0.1, 0.15) is 25.3 Å². The fraction of sp³-hybridized carbons (Fsp3) is 0.167. The molecule has 1 atom stereocenters. The van der Waals surface area contributed by atoms with Gasteiger partial charge in [0.2, 0.25) is 0 Å². The number of methoxy groups -OCH3 is 1. The van der Waals surface area contributed by atoms with Crippen molar-refractivity contribution in [1.29, 1.82) is 0 Å². The zero-order chi connectivity index (χ0) is 32.9. The Morgan fingerprint density at radius 1 is 0.826 bits per heavy atom. The van der Waals surface area contributed by atoms with Gasteiger partial charge in [-0.2, -0.15) is 0 Å². The van der Waals surface area contributed by atoms with E-state index < -0.39 is 28.7 Å². The normalized spacial score (nSPS) is 15.7. The average molecular weight is 657 g/mol. The summed E-state index contributed by atoms with van der Waals surface area (Å²) in [6, 6.07) is 35.3. The van der Waals surface area contributed by atoms with Gasteiger partial charge in [-0.05, 0) is 0 Å². The average Bonchev–Trinajstić information content (AvgIpc) is 3.09. The molecule has 8 nitrogen and oxygen atoms in total. The van der Waals surface area contributed by atoms with Crippen molar-refractivity contribution in [3.8, 4) is 0 Å². The van der Waals surface area contributed by atoms with Gasteiger partial charge in [-0.3, -0.25) is 0 Å². The summed E-state index contributed by atoms with van der Waals surface area (Å²) in [5, 5.41) is 17.8. The van der Waals surface area contributed by atoms with E-state index in [-0.39, 0.29) is 29.6 Å². The van der Waals surface area contributed by atoms with Gasteiger partial charge < -0.3 is 0 Å². The van der Waals surface area contributed by atoms with E-state index in [0.29, 0.717) is 17.0 Å². The van der Waals surface area contributed by atoms with E-state index in [0.717, 1.165) is 15.9 Å². The summed E-state index contributed by atoms with van der Waals surface area (Å²) in [7, 11) is 1.25. The van der Waals surface area contributed by atoms with Crippen molar-refractivity contribution in [2.24, 2.45) is 0 Å². The molecule has 0 aromatic heterocycles. The summed E-state index contributed by atoms with van der Waals surface area (Å²) in [6.07, 6.45) is 0.135. The number of nitrogens with one attached hydrogen (secondary N) is 1. The maximum absolute atomic E-state index is 14.1. The first-order chi connectivity index (χ1) is 22.1. The Hall–Kier alpha value is -4.78. The first kappa shape index (κ1) is 32.6. The predicted octanol–water partition coefficient (Wildman–Crippen LogP) is 6.23. The van der Waals surface area contributed by atoms with E-state index >= 15 is 0 Å². The zero-order valence-corrected chi connectivity index (χ0v) is 27.3. The Balaban J connectivity index is 1.90. The second-order valence-corrected chi connectivity index (χ2v) is 17.4. The third-order valence-corrected chi connectivity index (χ3v) is 15.4. The molecule has 1 aliphatic heterocycles. The first-order valence-electron chi connectivity index (χ1n) is 14.7. The molecular formula is C36H34ClN2O6P. The summed E-state index contributed by atoms with van der Waals surface area (Å²) in [4.78, 5) is 38.8. The molecule has 0 saturated heterocycles. The second kappa shape index (κ2) is 13.3. The van der Waals surface area contributed by atoms with Crippen molar-refractivity contribution < 1.29 is 24.0 Å². The molecular weight excluding hydrogens is 623 g/mol. The van der Waals surface area contributed by atoms with Crippen LogP contribution in [-0.2, 0) is 19.1 Å². The van der Waals surface area contributed by atoms with Crippen LogP contribution in [-0.4, -0.2) is 36.7 Å². The van der Waals surface area contributed by atoms with Gasteiger partial charge in [-0.25, -0.2) is 0 Å². The van der Waals surface area contributed by atoms with Crippen molar-refractivity contribution in [3.05, 3.63) is 153 Å². The number of hydrogen-bond donors (Lipinski definition) is 1. The number of nitro benzene ring substituents is 1. The molecule has 46 heavy (non-hydrogen) atoms. The van der Waals surface area contributed by atoms with Crippen LogP contribution in [0.2, 0.25) is 0 Å². The Morgan fingerprint density at radius 3 is 1.80 bits per heavy atom. The number of nitrogens with zero attached hydrogens (tertiary/aromatic N) is 1. The monoisotopic (exact) mass is 656 g/mol. The van der Waals surface area contributed by atoms with E-state index in [9.17, 15) is 19.7 Å². The van der Waals surface area contributed by atoms with Gasteiger partial charge in [0, 0.05) is 0 Å². The number of ether oxygens (including phenoxy) is 2. The molecule has 1 aliphatic rings.